The lowest BCUT2D eigenvalue weighted by Crippen LogP contribution is -2.17. The minimum absolute atomic E-state index is 0.0687. The van der Waals surface area contributed by atoms with Crippen LogP contribution in [0.1, 0.15) is 21.5 Å². The van der Waals surface area contributed by atoms with Crippen molar-refractivity contribution in [3.8, 4) is 17.2 Å². The van der Waals surface area contributed by atoms with Gasteiger partial charge in [-0.25, -0.2) is 9.59 Å². The molecule has 1 aliphatic heterocycles. The third-order valence-corrected chi connectivity index (χ3v) is 4.41. The quantitative estimate of drug-likeness (QED) is 0.506. The van der Waals surface area contributed by atoms with E-state index in [1.165, 1.54) is 19.2 Å². The smallest absolute Gasteiger partial charge is 0.338 e. The van der Waals surface area contributed by atoms with Crippen LogP contribution in [-0.2, 0) is 11.3 Å². The van der Waals surface area contributed by atoms with Gasteiger partial charge in [0.25, 0.3) is 0 Å². The number of rotatable bonds is 4. The Morgan fingerprint density at radius 1 is 1.11 bits per heavy atom. The second kappa shape index (κ2) is 7.26. The van der Waals surface area contributed by atoms with E-state index in [0.29, 0.717) is 41.6 Å². The molecule has 0 saturated carbocycles. The predicted octanol–water partition coefficient (Wildman–Crippen LogP) is 3.24. The van der Waals surface area contributed by atoms with Crippen molar-refractivity contribution in [1.29, 1.82) is 0 Å². The van der Waals surface area contributed by atoms with Crippen LogP contribution < -0.4 is 19.8 Å². The summed E-state index contributed by atoms with van der Waals surface area (Å²) in [4.78, 5) is 24.4. The van der Waals surface area contributed by atoms with E-state index in [0.717, 1.165) is 10.9 Å². The molecule has 3 aromatic rings. The highest BCUT2D eigenvalue weighted by Gasteiger charge is 2.21. The fourth-order valence-corrected chi connectivity index (χ4v) is 3.07. The molecular formula is C21H18O7. The Balaban J connectivity index is 1.60. The molecule has 7 heteroatoms. The van der Waals surface area contributed by atoms with Gasteiger partial charge in [-0.3, -0.25) is 0 Å². The lowest BCUT2D eigenvalue weighted by Gasteiger charge is -2.21. The van der Waals surface area contributed by atoms with E-state index in [1.54, 1.807) is 12.1 Å². The molecule has 0 saturated heterocycles. The Morgan fingerprint density at radius 3 is 2.75 bits per heavy atom. The molecule has 0 amide bonds. The highest BCUT2D eigenvalue weighted by atomic mass is 16.6. The molecule has 0 aliphatic carbocycles. The fraction of sp³-hybridized carbons (Fsp3) is 0.238. The van der Waals surface area contributed by atoms with Crippen molar-refractivity contribution in [2.45, 2.75) is 13.5 Å². The zero-order valence-corrected chi connectivity index (χ0v) is 15.4. The van der Waals surface area contributed by atoms with Crippen molar-refractivity contribution in [2.24, 2.45) is 0 Å². The van der Waals surface area contributed by atoms with Crippen LogP contribution in [0.25, 0.3) is 11.0 Å². The van der Waals surface area contributed by atoms with Gasteiger partial charge in [0.1, 0.15) is 25.4 Å². The number of aryl methyl sites for hydroxylation is 1. The molecule has 4 rings (SSSR count). The third-order valence-electron chi connectivity index (χ3n) is 4.41. The van der Waals surface area contributed by atoms with Gasteiger partial charge < -0.3 is 23.4 Å². The Hall–Kier alpha value is -3.48. The molecule has 0 fully saturated rings. The van der Waals surface area contributed by atoms with E-state index < -0.39 is 11.6 Å². The summed E-state index contributed by atoms with van der Waals surface area (Å²) in [5, 5.41) is 0.720. The molecule has 0 N–H and O–H groups in total. The van der Waals surface area contributed by atoms with Crippen molar-refractivity contribution in [3.63, 3.8) is 0 Å². The van der Waals surface area contributed by atoms with Crippen LogP contribution in [0.3, 0.4) is 0 Å². The Labute approximate surface area is 160 Å². The first kappa shape index (κ1) is 17.9. The highest BCUT2D eigenvalue weighted by molar-refractivity contribution is 5.91. The first-order valence-electron chi connectivity index (χ1n) is 8.73. The summed E-state index contributed by atoms with van der Waals surface area (Å²) in [5.74, 6) is 0.723. The summed E-state index contributed by atoms with van der Waals surface area (Å²) >= 11 is 0. The number of esters is 1. The van der Waals surface area contributed by atoms with E-state index in [2.05, 4.69) is 0 Å². The molecular weight excluding hydrogens is 364 g/mol. The lowest BCUT2D eigenvalue weighted by atomic mass is 10.1. The maximum absolute atomic E-state index is 12.6. The van der Waals surface area contributed by atoms with E-state index in [-0.39, 0.29) is 12.2 Å². The van der Waals surface area contributed by atoms with Gasteiger partial charge in [-0.15, -0.1) is 0 Å². The van der Waals surface area contributed by atoms with Crippen LogP contribution in [0.5, 0.6) is 17.2 Å². The van der Waals surface area contributed by atoms with Gasteiger partial charge in [-0.05, 0) is 30.7 Å². The minimum atomic E-state index is -0.566. The van der Waals surface area contributed by atoms with Gasteiger partial charge in [0.05, 0.1) is 12.7 Å². The third kappa shape index (κ3) is 3.38. The van der Waals surface area contributed by atoms with Crippen molar-refractivity contribution in [2.75, 3.05) is 20.3 Å². The second-order valence-electron chi connectivity index (χ2n) is 6.37. The number of hydrogen-bond donors (Lipinski definition) is 0. The van der Waals surface area contributed by atoms with E-state index >= 15 is 0 Å². The first-order valence-corrected chi connectivity index (χ1v) is 8.73. The van der Waals surface area contributed by atoms with E-state index in [1.807, 2.05) is 19.1 Å². The average molecular weight is 382 g/mol. The molecule has 0 unspecified atom stereocenters. The molecule has 0 atom stereocenters. The Bertz CT molecular complexity index is 1100. The first-order chi connectivity index (χ1) is 13.5. The monoisotopic (exact) mass is 382 g/mol. The molecule has 2 aromatic carbocycles. The van der Waals surface area contributed by atoms with Gasteiger partial charge in [0.2, 0.25) is 5.75 Å². The average Bonchev–Trinajstić information content (AvgIpc) is 2.70. The zero-order chi connectivity index (χ0) is 19.7. The number of benzene rings is 2. The van der Waals surface area contributed by atoms with Crippen LogP contribution >= 0.6 is 0 Å². The molecule has 0 spiro atoms. The maximum atomic E-state index is 12.6. The molecule has 7 nitrogen and oxygen atoms in total. The fourth-order valence-electron chi connectivity index (χ4n) is 3.07. The van der Waals surface area contributed by atoms with Crippen LogP contribution in [0.2, 0.25) is 0 Å². The number of hydrogen-bond acceptors (Lipinski definition) is 7. The molecule has 0 radical (unpaired) electrons. The standard InChI is InChI=1S/C21H18O7/c1-12-3-4-15-14(10-19(22)28-16(15)7-12)11-27-21(23)13-8-17(24-2)20-18(9-13)25-5-6-26-20/h3-4,7-10H,5-6,11H2,1-2H3. The van der Waals surface area contributed by atoms with Crippen molar-refractivity contribution in [3.05, 3.63) is 63.5 Å². The predicted molar refractivity (Wildman–Crippen MR) is 100 cm³/mol. The highest BCUT2D eigenvalue weighted by Crippen LogP contribution is 2.40. The number of ether oxygens (including phenoxy) is 4. The molecule has 144 valence electrons. The van der Waals surface area contributed by atoms with Crippen LogP contribution in [0.15, 0.2) is 45.6 Å². The van der Waals surface area contributed by atoms with Crippen LogP contribution in [-0.4, -0.2) is 26.3 Å². The lowest BCUT2D eigenvalue weighted by molar-refractivity contribution is 0.0472. The normalized spacial score (nSPS) is 12.6. The van der Waals surface area contributed by atoms with E-state index in [4.69, 9.17) is 23.4 Å². The molecule has 1 aliphatic rings. The summed E-state index contributed by atoms with van der Waals surface area (Å²) < 4.78 is 27.0. The molecule has 2 heterocycles. The van der Waals surface area contributed by atoms with Crippen molar-refractivity contribution in [1.82, 2.24) is 0 Å². The molecule has 0 bridgehead atoms. The van der Waals surface area contributed by atoms with Gasteiger partial charge in [-0.1, -0.05) is 12.1 Å². The summed E-state index contributed by atoms with van der Waals surface area (Å²) in [6.45, 7) is 2.64. The second-order valence-corrected chi connectivity index (χ2v) is 6.37. The zero-order valence-electron chi connectivity index (χ0n) is 15.4. The number of carbonyl (C=O) groups excluding carboxylic acids is 1. The molecule has 1 aromatic heterocycles. The number of carbonyl (C=O) groups is 1. The van der Waals surface area contributed by atoms with Crippen LogP contribution in [0.4, 0.5) is 0 Å². The SMILES string of the molecule is COc1cc(C(=O)OCc2cc(=O)oc3cc(C)ccc23)cc2c1OCCO2. The van der Waals surface area contributed by atoms with Gasteiger partial charge in [-0.2, -0.15) is 0 Å². The largest absolute Gasteiger partial charge is 0.493 e. The van der Waals surface area contributed by atoms with E-state index in [9.17, 15) is 9.59 Å². The summed E-state index contributed by atoms with van der Waals surface area (Å²) in [6.07, 6.45) is 0. The van der Waals surface area contributed by atoms with Crippen molar-refractivity contribution >= 4 is 16.9 Å². The summed E-state index contributed by atoms with van der Waals surface area (Å²) in [7, 11) is 1.49. The van der Waals surface area contributed by atoms with Crippen molar-refractivity contribution < 1.29 is 28.2 Å². The topological polar surface area (TPSA) is 84.2 Å². The maximum Gasteiger partial charge on any atom is 0.338 e. The molecule has 28 heavy (non-hydrogen) atoms. The Kier molecular flexibility index (Phi) is 4.65. The van der Waals surface area contributed by atoms with Crippen LogP contribution in [0, 0.1) is 6.92 Å². The number of fused-ring (bicyclic) bond motifs is 2. The summed E-state index contributed by atoms with van der Waals surface area (Å²) in [6, 6.07) is 9.93. The number of methoxy groups -OCH3 is 1. The van der Waals surface area contributed by atoms with Gasteiger partial charge in [0, 0.05) is 17.0 Å². The minimum Gasteiger partial charge on any atom is -0.493 e. The Morgan fingerprint density at radius 2 is 1.93 bits per heavy atom. The van der Waals surface area contributed by atoms with Gasteiger partial charge >= 0.3 is 11.6 Å². The van der Waals surface area contributed by atoms with Gasteiger partial charge in [0.15, 0.2) is 11.5 Å². The summed E-state index contributed by atoms with van der Waals surface area (Å²) in [5.41, 5.74) is 1.77.